The number of aromatic amines is 2. The summed E-state index contributed by atoms with van der Waals surface area (Å²) in [6.07, 6.45) is 0.812. The van der Waals surface area contributed by atoms with Crippen molar-refractivity contribution in [3.63, 3.8) is 0 Å². The quantitative estimate of drug-likeness (QED) is 0.431. The van der Waals surface area contributed by atoms with Gasteiger partial charge in [0.2, 0.25) is 5.88 Å². The molecule has 0 aliphatic carbocycles. The standard InChI is InChI=1S/C21H18N4O3/c26-19-16(20(27)25(21(28)24-19)12-6-2-1-3-7-12)18-17-14(10-11-22-18)13-8-4-5-9-15(13)23-17/h1-9,18,22-23,27H,10-11H2,(H,24,26,28)/t18-/m0/s1. The summed E-state index contributed by atoms with van der Waals surface area (Å²) in [6.45, 7) is 0.656. The van der Waals surface area contributed by atoms with Crippen LogP contribution in [-0.2, 0) is 6.42 Å². The second kappa shape index (κ2) is 6.24. The monoisotopic (exact) mass is 374 g/mol. The van der Waals surface area contributed by atoms with E-state index in [1.807, 2.05) is 30.3 Å². The Kier molecular flexibility index (Phi) is 3.70. The zero-order valence-electron chi connectivity index (χ0n) is 14.9. The summed E-state index contributed by atoms with van der Waals surface area (Å²) in [5.41, 5.74) is 2.27. The van der Waals surface area contributed by atoms with Gasteiger partial charge in [-0.05, 0) is 30.2 Å². The topological polar surface area (TPSA) is 103 Å². The molecule has 28 heavy (non-hydrogen) atoms. The summed E-state index contributed by atoms with van der Waals surface area (Å²) >= 11 is 0. The molecule has 0 bridgehead atoms. The number of nitrogens with zero attached hydrogens (tertiary/aromatic N) is 1. The minimum Gasteiger partial charge on any atom is -0.494 e. The van der Waals surface area contributed by atoms with E-state index >= 15 is 0 Å². The fraction of sp³-hybridized carbons (Fsp3) is 0.143. The number of rotatable bonds is 2. The van der Waals surface area contributed by atoms with Crippen LogP contribution in [0, 0.1) is 0 Å². The maximum absolute atomic E-state index is 12.7. The molecule has 5 rings (SSSR count). The van der Waals surface area contributed by atoms with Crippen molar-refractivity contribution in [3.8, 4) is 11.6 Å². The minimum atomic E-state index is -0.676. The first-order chi connectivity index (χ1) is 13.6. The van der Waals surface area contributed by atoms with Crippen LogP contribution in [0.5, 0.6) is 5.88 Å². The molecule has 1 atom stereocenters. The van der Waals surface area contributed by atoms with Crippen molar-refractivity contribution < 1.29 is 5.11 Å². The number of hydrogen-bond donors (Lipinski definition) is 4. The highest BCUT2D eigenvalue weighted by Crippen LogP contribution is 2.35. The first kappa shape index (κ1) is 16.6. The first-order valence-electron chi connectivity index (χ1n) is 9.11. The van der Waals surface area contributed by atoms with Crippen LogP contribution >= 0.6 is 0 Å². The highest BCUT2D eigenvalue weighted by atomic mass is 16.3. The molecule has 0 saturated carbocycles. The SMILES string of the molecule is O=c1[nH]c(=O)n(-c2ccccc2)c(O)c1[C@@H]1NCCc2c1[nH]c1ccccc21. The van der Waals surface area contributed by atoms with Crippen molar-refractivity contribution >= 4 is 10.9 Å². The van der Waals surface area contributed by atoms with Crippen molar-refractivity contribution in [2.24, 2.45) is 0 Å². The third kappa shape index (κ3) is 2.40. The smallest absolute Gasteiger partial charge is 0.335 e. The number of aromatic nitrogens is 3. The van der Waals surface area contributed by atoms with Gasteiger partial charge < -0.3 is 15.4 Å². The molecule has 4 aromatic rings. The predicted octanol–water partition coefficient (Wildman–Crippen LogP) is 1.95. The van der Waals surface area contributed by atoms with E-state index in [1.54, 1.807) is 24.3 Å². The van der Waals surface area contributed by atoms with Crippen molar-refractivity contribution in [3.05, 3.63) is 92.3 Å². The molecule has 1 aliphatic heterocycles. The molecule has 140 valence electrons. The van der Waals surface area contributed by atoms with Gasteiger partial charge in [0, 0.05) is 23.1 Å². The van der Waals surface area contributed by atoms with Crippen LogP contribution in [0.15, 0.2) is 64.2 Å². The third-order valence-electron chi connectivity index (χ3n) is 5.28. The number of nitrogens with one attached hydrogen (secondary N) is 3. The van der Waals surface area contributed by atoms with Crippen LogP contribution in [0.3, 0.4) is 0 Å². The van der Waals surface area contributed by atoms with Crippen LogP contribution in [0.25, 0.3) is 16.6 Å². The molecule has 0 amide bonds. The molecular weight excluding hydrogens is 356 g/mol. The number of fused-ring (bicyclic) bond motifs is 3. The molecule has 0 unspecified atom stereocenters. The highest BCUT2D eigenvalue weighted by molar-refractivity contribution is 5.85. The van der Waals surface area contributed by atoms with Gasteiger partial charge in [-0.15, -0.1) is 0 Å². The molecule has 7 heteroatoms. The molecule has 3 heterocycles. The van der Waals surface area contributed by atoms with E-state index in [-0.39, 0.29) is 11.4 Å². The number of aromatic hydroxyl groups is 1. The summed E-state index contributed by atoms with van der Waals surface area (Å²) in [4.78, 5) is 30.8. The van der Waals surface area contributed by atoms with Gasteiger partial charge in [0.1, 0.15) is 5.56 Å². The molecule has 0 saturated heterocycles. The van der Waals surface area contributed by atoms with Crippen LogP contribution in [0.2, 0.25) is 0 Å². The second-order valence-electron chi connectivity index (χ2n) is 6.87. The van der Waals surface area contributed by atoms with Gasteiger partial charge in [-0.25, -0.2) is 9.36 Å². The number of para-hydroxylation sites is 2. The van der Waals surface area contributed by atoms with Crippen LogP contribution in [0.4, 0.5) is 0 Å². The number of benzene rings is 2. The molecule has 0 radical (unpaired) electrons. The summed E-state index contributed by atoms with van der Waals surface area (Å²) in [5.74, 6) is -0.357. The van der Waals surface area contributed by atoms with Crippen molar-refractivity contribution in [1.29, 1.82) is 0 Å². The van der Waals surface area contributed by atoms with E-state index in [2.05, 4.69) is 15.3 Å². The normalized spacial score (nSPS) is 16.2. The maximum Gasteiger partial charge on any atom is 0.335 e. The minimum absolute atomic E-state index is 0.121. The average molecular weight is 374 g/mol. The molecule has 0 fully saturated rings. The molecule has 2 aromatic heterocycles. The molecule has 7 nitrogen and oxygen atoms in total. The molecule has 4 N–H and O–H groups in total. The summed E-state index contributed by atoms with van der Waals surface area (Å²) in [6, 6.07) is 16.2. The third-order valence-corrected chi connectivity index (χ3v) is 5.28. The van der Waals surface area contributed by atoms with E-state index in [1.165, 1.54) is 0 Å². The van der Waals surface area contributed by atoms with E-state index in [9.17, 15) is 14.7 Å². The molecule has 0 spiro atoms. The Hall–Kier alpha value is -3.58. The van der Waals surface area contributed by atoms with Gasteiger partial charge in [-0.1, -0.05) is 36.4 Å². The lowest BCUT2D eigenvalue weighted by Crippen LogP contribution is -2.38. The Morgan fingerprint density at radius 2 is 1.71 bits per heavy atom. The molecule has 2 aromatic carbocycles. The zero-order valence-corrected chi connectivity index (χ0v) is 14.9. The zero-order chi connectivity index (χ0) is 19.3. The van der Waals surface area contributed by atoms with Gasteiger partial charge >= 0.3 is 5.69 Å². The lowest BCUT2D eigenvalue weighted by molar-refractivity contribution is 0.410. The van der Waals surface area contributed by atoms with Gasteiger partial charge in [-0.2, -0.15) is 0 Å². The Balaban J connectivity index is 1.76. The number of hydrogen-bond acceptors (Lipinski definition) is 4. The van der Waals surface area contributed by atoms with Crippen LogP contribution in [-0.4, -0.2) is 26.2 Å². The van der Waals surface area contributed by atoms with Crippen molar-refractivity contribution in [2.45, 2.75) is 12.5 Å². The first-order valence-corrected chi connectivity index (χ1v) is 9.11. The van der Waals surface area contributed by atoms with Gasteiger partial charge in [0.05, 0.1) is 11.7 Å². The average Bonchev–Trinajstić information content (AvgIpc) is 3.08. The largest absolute Gasteiger partial charge is 0.494 e. The molecular formula is C21H18N4O3. The second-order valence-corrected chi connectivity index (χ2v) is 6.87. The van der Waals surface area contributed by atoms with Gasteiger partial charge in [-0.3, -0.25) is 9.78 Å². The lowest BCUT2D eigenvalue weighted by Gasteiger charge is -2.25. The van der Waals surface area contributed by atoms with E-state index in [0.29, 0.717) is 12.2 Å². The van der Waals surface area contributed by atoms with Gasteiger partial charge in [0.25, 0.3) is 5.56 Å². The summed E-state index contributed by atoms with van der Waals surface area (Å²) in [7, 11) is 0. The Bertz CT molecular complexity index is 1300. The Labute approximate surface area is 159 Å². The highest BCUT2D eigenvalue weighted by Gasteiger charge is 2.31. The maximum atomic E-state index is 12.7. The molecule has 1 aliphatic rings. The van der Waals surface area contributed by atoms with Crippen molar-refractivity contribution in [1.82, 2.24) is 19.9 Å². The fourth-order valence-corrected chi connectivity index (χ4v) is 4.04. The van der Waals surface area contributed by atoms with Crippen LogP contribution in [0.1, 0.15) is 22.9 Å². The van der Waals surface area contributed by atoms with E-state index < -0.39 is 17.3 Å². The van der Waals surface area contributed by atoms with E-state index in [4.69, 9.17) is 0 Å². The lowest BCUT2D eigenvalue weighted by atomic mass is 9.95. The predicted molar refractivity (Wildman–Crippen MR) is 106 cm³/mol. The Morgan fingerprint density at radius 1 is 0.964 bits per heavy atom. The fourth-order valence-electron chi connectivity index (χ4n) is 4.04. The van der Waals surface area contributed by atoms with Gasteiger partial charge in [0.15, 0.2) is 0 Å². The Morgan fingerprint density at radius 3 is 2.54 bits per heavy atom. The summed E-state index contributed by atoms with van der Waals surface area (Å²) < 4.78 is 1.12. The number of H-pyrrole nitrogens is 2. The van der Waals surface area contributed by atoms with Crippen molar-refractivity contribution in [2.75, 3.05) is 6.54 Å². The van der Waals surface area contributed by atoms with Crippen LogP contribution < -0.4 is 16.6 Å². The summed E-state index contributed by atoms with van der Waals surface area (Å²) in [5, 5.41) is 15.4. The van der Waals surface area contributed by atoms with E-state index in [0.717, 1.165) is 33.1 Å².